The summed E-state index contributed by atoms with van der Waals surface area (Å²) in [5.41, 5.74) is 12.7. The number of terminal acetylenes is 1. The number of nitrogens with zero attached hydrogens (tertiary/aromatic N) is 4. The van der Waals surface area contributed by atoms with Gasteiger partial charge in [-0.05, 0) is 36.3 Å². The number of nitrogens with two attached hydrogens (primary N) is 2. The van der Waals surface area contributed by atoms with Crippen LogP contribution in [0.15, 0.2) is 48.4 Å². The van der Waals surface area contributed by atoms with E-state index in [4.69, 9.17) is 23.2 Å². The molecule has 0 bridgehead atoms. The van der Waals surface area contributed by atoms with Crippen molar-refractivity contribution in [3.8, 4) is 18.4 Å². The van der Waals surface area contributed by atoms with Crippen LogP contribution in [0.2, 0.25) is 0 Å². The standard InChI is InChI=1S/C21H17FN8O/c1-2-19-28-15(9-23)11-30(19)12-17(24)21(31)29-14-5-6-16(22)13(8-14)10-27-18-4-3-7-26-20(18)25/h1,3-8,11-12,27H,10,24H2,(H2,25,26)(H,29,31)/b17-12-. The van der Waals surface area contributed by atoms with E-state index in [9.17, 15) is 9.18 Å². The SMILES string of the molecule is C#Cc1nc(C#N)cn1/C=C(\N)C(=O)Nc1ccc(F)c(CNc2cccnc2N)c1. The summed E-state index contributed by atoms with van der Waals surface area (Å²) < 4.78 is 15.5. The molecule has 10 heteroatoms. The summed E-state index contributed by atoms with van der Waals surface area (Å²) in [4.78, 5) is 20.3. The molecule has 0 radical (unpaired) electrons. The van der Waals surface area contributed by atoms with E-state index in [1.165, 1.54) is 35.2 Å². The highest BCUT2D eigenvalue weighted by atomic mass is 19.1. The van der Waals surface area contributed by atoms with Gasteiger partial charge in [0.25, 0.3) is 5.91 Å². The van der Waals surface area contributed by atoms with Crippen molar-refractivity contribution in [2.45, 2.75) is 6.54 Å². The van der Waals surface area contributed by atoms with Gasteiger partial charge in [-0.1, -0.05) is 0 Å². The Labute approximate surface area is 177 Å². The number of carbonyl (C=O) groups is 1. The molecule has 0 atom stereocenters. The number of hydrogen-bond acceptors (Lipinski definition) is 7. The van der Waals surface area contributed by atoms with Crippen LogP contribution in [0.1, 0.15) is 17.1 Å². The number of nitrogen functional groups attached to an aromatic ring is 1. The van der Waals surface area contributed by atoms with Gasteiger partial charge in [0.05, 0.1) is 5.69 Å². The number of carbonyl (C=O) groups excluding carboxylic acids is 1. The van der Waals surface area contributed by atoms with Gasteiger partial charge in [0.2, 0.25) is 0 Å². The Morgan fingerprint density at radius 3 is 2.90 bits per heavy atom. The average molecular weight is 416 g/mol. The van der Waals surface area contributed by atoms with Gasteiger partial charge in [-0.3, -0.25) is 9.36 Å². The Morgan fingerprint density at radius 2 is 2.19 bits per heavy atom. The zero-order valence-electron chi connectivity index (χ0n) is 16.1. The van der Waals surface area contributed by atoms with Crippen molar-refractivity contribution in [3.05, 3.63) is 71.3 Å². The molecular weight excluding hydrogens is 399 g/mol. The van der Waals surface area contributed by atoms with Crippen LogP contribution in [-0.4, -0.2) is 20.4 Å². The lowest BCUT2D eigenvalue weighted by molar-refractivity contribution is -0.112. The summed E-state index contributed by atoms with van der Waals surface area (Å²) in [7, 11) is 0. The van der Waals surface area contributed by atoms with Crippen molar-refractivity contribution in [1.82, 2.24) is 14.5 Å². The lowest BCUT2D eigenvalue weighted by Crippen LogP contribution is -2.21. The second kappa shape index (κ2) is 9.11. The van der Waals surface area contributed by atoms with Crippen LogP contribution in [0.3, 0.4) is 0 Å². The molecule has 0 aliphatic heterocycles. The Morgan fingerprint density at radius 1 is 1.39 bits per heavy atom. The van der Waals surface area contributed by atoms with Crippen LogP contribution in [0.4, 0.5) is 21.6 Å². The van der Waals surface area contributed by atoms with Crippen molar-refractivity contribution in [3.63, 3.8) is 0 Å². The highest BCUT2D eigenvalue weighted by Crippen LogP contribution is 2.19. The second-order valence-corrected chi connectivity index (χ2v) is 6.25. The molecule has 3 rings (SSSR count). The first-order valence-electron chi connectivity index (χ1n) is 8.88. The topological polar surface area (TPSA) is 148 Å². The molecule has 2 aromatic heterocycles. The predicted molar refractivity (Wildman–Crippen MR) is 114 cm³/mol. The lowest BCUT2D eigenvalue weighted by atomic mass is 10.1. The van der Waals surface area contributed by atoms with E-state index in [1.807, 2.05) is 6.07 Å². The Bertz CT molecular complexity index is 1250. The van der Waals surface area contributed by atoms with Crippen molar-refractivity contribution in [2.24, 2.45) is 5.73 Å². The zero-order chi connectivity index (χ0) is 22.4. The van der Waals surface area contributed by atoms with E-state index in [-0.39, 0.29) is 29.6 Å². The maximum Gasteiger partial charge on any atom is 0.273 e. The number of halogens is 1. The predicted octanol–water partition coefficient (Wildman–Crippen LogP) is 1.86. The molecule has 1 aromatic carbocycles. The maximum atomic E-state index is 14.2. The van der Waals surface area contributed by atoms with Gasteiger partial charge < -0.3 is 22.1 Å². The summed E-state index contributed by atoms with van der Waals surface area (Å²) in [6.07, 6.45) is 9.48. The van der Waals surface area contributed by atoms with E-state index < -0.39 is 11.7 Å². The second-order valence-electron chi connectivity index (χ2n) is 6.25. The molecule has 9 nitrogen and oxygen atoms in total. The molecule has 0 saturated heterocycles. The van der Waals surface area contributed by atoms with Crippen LogP contribution in [0.25, 0.3) is 6.20 Å². The van der Waals surface area contributed by atoms with Crippen molar-refractivity contribution >= 4 is 29.3 Å². The number of hydrogen-bond donors (Lipinski definition) is 4. The molecular formula is C21H17FN8O. The van der Waals surface area contributed by atoms with E-state index in [1.54, 1.807) is 18.3 Å². The van der Waals surface area contributed by atoms with Crippen LogP contribution >= 0.6 is 0 Å². The molecule has 154 valence electrons. The normalized spacial score (nSPS) is 10.7. The number of imidazole rings is 1. The fourth-order valence-electron chi connectivity index (χ4n) is 2.61. The molecule has 1 amide bonds. The maximum absolute atomic E-state index is 14.2. The molecule has 0 saturated carbocycles. The molecule has 3 aromatic rings. The zero-order valence-corrected chi connectivity index (χ0v) is 16.1. The third kappa shape index (κ3) is 4.96. The molecule has 0 aliphatic carbocycles. The van der Waals surface area contributed by atoms with Gasteiger partial charge in [0.1, 0.15) is 23.4 Å². The summed E-state index contributed by atoms with van der Waals surface area (Å²) in [5.74, 6) is 1.60. The van der Waals surface area contributed by atoms with Gasteiger partial charge >= 0.3 is 0 Å². The van der Waals surface area contributed by atoms with Crippen LogP contribution in [0.5, 0.6) is 0 Å². The third-order valence-corrected chi connectivity index (χ3v) is 4.13. The Hall–Kier alpha value is -4.83. The largest absolute Gasteiger partial charge is 0.393 e. The van der Waals surface area contributed by atoms with Gasteiger partial charge in [-0.15, -0.1) is 6.42 Å². The van der Waals surface area contributed by atoms with Crippen LogP contribution < -0.4 is 22.1 Å². The number of benzene rings is 1. The molecule has 6 N–H and O–H groups in total. The van der Waals surface area contributed by atoms with Gasteiger partial charge in [0.15, 0.2) is 11.5 Å². The molecule has 0 unspecified atom stereocenters. The highest BCUT2D eigenvalue weighted by Gasteiger charge is 2.11. The number of aromatic nitrogens is 3. The average Bonchev–Trinajstić information content (AvgIpc) is 3.17. The molecule has 0 aliphatic rings. The van der Waals surface area contributed by atoms with E-state index >= 15 is 0 Å². The van der Waals surface area contributed by atoms with Crippen molar-refractivity contribution < 1.29 is 9.18 Å². The summed E-state index contributed by atoms with van der Waals surface area (Å²) >= 11 is 0. The molecule has 0 fully saturated rings. The monoisotopic (exact) mass is 416 g/mol. The first kappa shape index (κ1) is 20.9. The molecule has 2 heterocycles. The third-order valence-electron chi connectivity index (χ3n) is 4.13. The lowest BCUT2D eigenvalue weighted by Gasteiger charge is -2.11. The number of nitriles is 1. The minimum Gasteiger partial charge on any atom is -0.393 e. The fraction of sp³-hybridized carbons (Fsp3) is 0.0476. The fourth-order valence-corrected chi connectivity index (χ4v) is 2.61. The minimum absolute atomic E-state index is 0.0855. The van der Waals surface area contributed by atoms with Gasteiger partial charge in [-0.2, -0.15) is 5.26 Å². The highest BCUT2D eigenvalue weighted by molar-refractivity contribution is 6.05. The number of pyridine rings is 1. The minimum atomic E-state index is -0.641. The smallest absolute Gasteiger partial charge is 0.273 e. The summed E-state index contributed by atoms with van der Waals surface area (Å²) in [5, 5.41) is 14.5. The number of nitrogens with one attached hydrogen (secondary N) is 2. The van der Waals surface area contributed by atoms with Gasteiger partial charge in [0, 0.05) is 36.4 Å². The first-order valence-corrected chi connectivity index (χ1v) is 8.88. The van der Waals surface area contributed by atoms with Gasteiger partial charge in [-0.25, -0.2) is 14.4 Å². The van der Waals surface area contributed by atoms with Crippen molar-refractivity contribution in [2.75, 3.05) is 16.4 Å². The molecule has 0 spiro atoms. The summed E-state index contributed by atoms with van der Waals surface area (Å²) in [6, 6.07) is 9.37. The first-order chi connectivity index (χ1) is 14.9. The van der Waals surface area contributed by atoms with Crippen LogP contribution in [-0.2, 0) is 11.3 Å². The Kier molecular flexibility index (Phi) is 6.14. The number of anilines is 3. The van der Waals surface area contributed by atoms with Crippen LogP contribution in [0, 0.1) is 29.5 Å². The van der Waals surface area contributed by atoms with E-state index in [2.05, 4.69) is 26.5 Å². The Balaban J connectivity index is 1.74. The molecule has 31 heavy (non-hydrogen) atoms. The van der Waals surface area contributed by atoms with E-state index in [0.29, 0.717) is 16.9 Å². The number of rotatable bonds is 6. The van der Waals surface area contributed by atoms with E-state index in [0.717, 1.165) is 0 Å². The quantitative estimate of drug-likeness (QED) is 0.354. The number of amides is 1. The summed E-state index contributed by atoms with van der Waals surface area (Å²) in [6.45, 7) is 0.119. The van der Waals surface area contributed by atoms with Crippen molar-refractivity contribution in [1.29, 1.82) is 5.26 Å².